The van der Waals surface area contributed by atoms with Crippen LogP contribution in [-0.4, -0.2) is 35.9 Å². The number of anilines is 1. The third kappa shape index (κ3) is 4.52. The number of methoxy groups -OCH3 is 1. The summed E-state index contributed by atoms with van der Waals surface area (Å²) in [7, 11) is 1.36. The Hall–Kier alpha value is -1.96. The molecule has 0 bridgehead atoms. The van der Waals surface area contributed by atoms with Crippen LogP contribution in [0.2, 0.25) is 0 Å². The van der Waals surface area contributed by atoms with E-state index < -0.39 is 6.04 Å². The van der Waals surface area contributed by atoms with E-state index >= 15 is 0 Å². The number of amides is 2. The van der Waals surface area contributed by atoms with E-state index in [0.717, 1.165) is 5.69 Å². The second kappa shape index (κ2) is 7.16. The van der Waals surface area contributed by atoms with Gasteiger partial charge < -0.3 is 15.4 Å². The molecule has 114 valence electrons. The lowest BCUT2D eigenvalue weighted by Gasteiger charge is -2.08. The molecule has 2 heterocycles. The molecule has 1 aromatic rings. The van der Waals surface area contributed by atoms with Crippen molar-refractivity contribution in [3.63, 3.8) is 0 Å². The van der Waals surface area contributed by atoms with Gasteiger partial charge in [0.25, 0.3) is 0 Å². The van der Waals surface area contributed by atoms with Crippen molar-refractivity contribution >= 4 is 34.3 Å². The Morgan fingerprint density at radius 3 is 3.05 bits per heavy atom. The quantitative estimate of drug-likeness (QED) is 0.759. The highest BCUT2D eigenvalue weighted by Gasteiger charge is 2.27. The molecule has 2 N–H and O–H groups in total. The molecule has 1 atom stereocenters. The molecule has 1 aliphatic rings. The van der Waals surface area contributed by atoms with E-state index in [1.165, 1.54) is 18.4 Å². The summed E-state index contributed by atoms with van der Waals surface area (Å²) in [5.74, 6) is -0.579. The van der Waals surface area contributed by atoms with E-state index in [1.54, 1.807) is 0 Å². The lowest BCUT2D eigenvalue weighted by molar-refractivity contribution is -0.140. The van der Waals surface area contributed by atoms with Crippen molar-refractivity contribution < 1.29 is 19.1 Å². The number of nitrogens with zero attached hydrogens (tertiary/aromatic N) is 1. The molecule has 0 spiro atoms. The summed E-state index contributed by atoms with van der Waals surface area (Å²) in [6, 6.07) is -0.468. The van der Waals surface area contributed by atoms with Crippen molar-refractivity contribution in [2.24, 2.45) is 0 Å². The van der Waals surface area contributed by atoms with Crippen LogP contribution in [0.4, 0.5) is 5.13 Å². The first-order valence-electron chi connectivity index (χ1n) is 6.70. The SMILES string of the molecule is COC(=O)CCCc1csc(NC(=O)[C@@H]2CCC(=O)N2)n1. The molecule has 0 radical (unpaired) electrons. The van der Waals surface area contributed by atoms with Gasteiger partial charge in [-0.1, -0.05) is 0 Å². The minimum atomic E-state index is -0.468. The largest absolute Gasteiger partial charge is 0.469 e. The maximum Gasteiger partial charge on any atom is 0.305 e. The van der Waals surface area contributed by atoms with Crippen LogP contribution in [0.25, 0.3) is 0 Å². The topological polar surface area (TPSA) is 97.4 Å². The van der Waals surface area contributed by atoms with Gasteiger partial charge in [0.2, 0.25) is 11.8 Å². The fourth-order valence-corrected chi connectivity index (χ4v) is 2.75. The average Bonchev–Trinajstić information content (AvgIpc) is 3.08. The smallest absolute Gasteiger partial charge is 0.305 e. The van der Waals surface area contributed by atoms with E-state index in [-0.39, 0.29) is 17.8 Å². The van der Waals surface area contributed by atoms with Gasteiger partial charge in [0.1, 0.15) is 6.04 Å². The highest BCUT2D eigenvalue weighted by Crippen LogP contribution is 2.18. The predicted molar refractivity (Wildman–Crippen MR) is 76.9 cm³/mol. The van der Waals surface area contributed by atoms with Gasteiger partial charge >= 0.3 is 5.97 Å². The molecule has 0 aliphatic carbocycles. The summed E-state index contributed by atoms with van der Waals surface area (Å²) in [6.07, 6.45) is 2.56. The normalized spacial score (nSPS) is 17.4. The van der Waals surface area contributed by atoms with E-state index in [4.69, 9.17) is 0 Å². The molecule has 8 heteroatoms. The lowest BCUT2D eigenvalue weighted by atomic mass is 10.2. The van der Waals surface area contributed by atoms with E-state index in [9.17, 15) is 14.4 Å². The second-order valence-electron chi connectivity index (χ2n) is 4.72. The zero-order valence-electron chi connectivity index (χ0n) is 11.7. The first-order chi connectivity index (χ1) is 10.1. The monoisotopic (exact) mass is 311 g/mol. The van der Waals surface area contributed by atoms with Gasteiger partial charge in [-0.2, -0.15) is 0 Å². The summed E-state index contributed by atoms with van der Waals surface area (Å²) in [5, 5.41) is 7.66. The number of rotatable bonds is 6. The van der Waals surface area contributed by atoms with Crippen molar-refractivity contribution in [1.29, 1.82) is 0 Å². The molecule has 2 rings (SSSR count). The van der Waals surface area contributed by atoms with E-state index in [2.05, 4.69) is 20.4 Å². The Bertz CT molecular complexity index is 543. The number of carbonyl (C=O) groups excluding carboxylic acids is 3. The third-order valence-corrected chi connectivity index (χ3v) is 3.94. The number of aromatic nitrogens is 1. The summed E-state index contributed by atoms with van der Waals surface area (Å²) in [4.78, 5) is 38.2. The van der Waals surface area contributed by atoms with Crippen LogP contribution < -0.4 is 10.6 Å². The number of thiazole rings is 1. The number of esters is 1. The minimum Gasteiger partial charge on any atom is -0.469 e. The van der Waals surface area contributed by atoms with Crippen LogP contribution in [0.15, 0.2) is 5.38 Å². The summed E-state index contributed by atoms with van der Waals surface area (Å²) in [5.41, 5.74) is 0.828. The Balaban J connectivity index is 1.78. The predicted octanol–water partition coefficient (Wildman–Crippen LogP) is 0.856. The number of hydrogen-bond donors (Lipinski definition) is 2. The van der Waals surface area contributed by atoms with Gasteiger partial charge in [0.15, 0.2) is 5.13 Å². The number of carbonyl (C=O) groups is 3. The summed E-state index contributed by atoms with van der Waals surface area (Å²) < 4.78 is 4.56. The Labute approximate surface area is 126 Å². The molecule has 1 aliphatic heterocycles. The molecular formula is C13H17N3O4S. The van der Waals surface area contributed by atoms with Crippen molar-refractivity contribution in [3.8, 4) is 0 Å². The minimum absolute atomic E-state index is 0.0993. The number of ether oxygens (including phenoxy) is 1. The Morgan fingerprint density at radius 2 is 2.38 bits per heavy atom. The van der Waals surface area contributed by atoms with Crippen LogP contribution in [0.3, 0.4) is 0 Å². The Morgan fingerprint density at radius 1 is 1.57 bits per heavy atom. The van der Waals surface area contributed by atoms with Gasteiger partial charge in [-0.3, -0.25) is 14.4 Å². The number of hydrogen-bond acceptors (Lipinski definition) is 6. The van der Waals surface area contributed by atoms with Gasteiger partial charge in [0, 0.05) is 18.2 Å². The number of nitrogens with one attached hydrogen (secondary N) is 2. The molecule has 7 nitrogen and oxygen atoms in total. The molecule has 0 saturated carbocycles. The van der Waals surface area contributed by atoms with Gasteiger partial charge in [-0.15, -0.1) is 11.3 Å². The first-order valence-corrected chi connectivity index (χ1v) is 7.58. The molecule has 0 aromatic carbocycles. The zero-order chi connectivity index (χ0) is 15.2. The number of aryl methyl sites for hydroxylation is 1. The van der Waals surface area contributed by atoms with Gasteiger partial charge in [-0.05, 0) is 19.3 Å². The average molecular weight is 311 g/mol. The maximum atomic E-state index is 11.9. The maximum absolute atomic E-state index is 11.9. The van der Waals surface area contributed by atoms with Crippen LogP contribution in [0.5, 0.6) is 0 Å². The van der Waals surface area contributed by atoms with E-state index in [1.807, 2.05) is 5.38 Å². The van der Waals surface area contributed by atoms with Crippen LogP contribution in [-0.2, 0) is 25.5 Å². The highest BCUT2D eigenvalue weighted by molar-refractivity contribution is 7.13. The van der Waals surface area contributed by atoms with Gasteiger partial charge in [-0.25, -0.2) is 4.98 Å². The van der Waals surface area contributed by atoms with Crippen molar-refractivity contribution in [3.05, 3.63) is 11.1 Å². The van der Waals surface area contributed by atoms with Gasteiger partial charge in [0.05, 0.1) is 12.8 Å². The standard InChI is InChI=1S/C13H17N3O4S/c1-20-11(18)4-2-3-8-7-21-13(14-8)16-12(19)9-5-6-10(17)15-9/h7,9H,2-6H2,1H3,(H,15,17)(H,14,16,19)/t9-/m0/s1. The lowest BCUT2D eigenvalue weighted by Crippen LogP contribution is -2.37. The first kappa shape index (κ1) is 15.4. The van der Waals surface area contributed by atoms with Crippen molar-refractivity contribution in [1.82, 2.24) is 10.3 Å². The molecule has 21 heavy (non-hydrogen) atoms. The molecule has 1 aromatic heterocycles. The van der Waals surface area contributed by atoms with E-state index in [0.29, 0.717) is 37.2 Å². The van der Waals surface area contributed by atoms with Crippen LogP contribution >= 0.6 is 11.3 Å². The van der Waals surface area contributed by atoms with Crippen molar-refractivity contribution in [2.75, 3.05) is 12.4 Å². The molecular weight excluding hydrogens is 294 g/mol. The molecule has 1 fully saturated rings. The third-order valence-electron chi connectivity index (χ3n) is 3.14. The van der Waals surface area contributed by atoms with Crippen molar-refractivity contribution in [2.45, 2.75) is 38.1 Å². The molecule has 2 amide bonds. The highest BCUT2D eigenvalue weighted by atomic mass is 32.1. The fourth-order valence-electron chi connectivity index (χ4n) is 2.00. The Kier molecular flexibility index (Phi) is 5.26. The van der Waals surface area contributed by atoms with Crippen LogP contribution in [0, 0.1) is 0 Å². The van der Waals surface area contributed by atoms with Crippen LogP contribution in [0.1, 0.15) is 31.4 Å². The zero-order valence-corrected chi connectivity index (χ0v) is 12.5. The second-order valence-corrected chi connectivity index (χ2v) is 5.58. The molecule has 0 unspecified atom stereocenters. The summed E-state index contributed by atoms with van der Waals surface area (Å²) >= 11 is 1.33. The molecule has 1 saturated heterocycles. The fraction of sp³-hybridized carbons (Fsp3) is 0.538. The summed E-state index contributed by atoms with van der Waals surface area (Å²) in [6.45, 7) is 0.